The molecule has 0 spiro atoms. The first-order chi connectivity index (χ1) is 20.1. The molecule has 0 radical (unpaired) electrons. The van der Waals surface area contributed by atoms with Crippen LogP contribution in [0.4, 0.5) is 0 Å². The number of fused-ring (bicyclic) bond motifs is 9. The van der Waals surface area contributed by atoms with E-state index in [-0.39, 0.29) is 5.41 Å². The summed E-state index contributed by atoms with van der Waals surface area (Å²) >= 11 is 1.89. The fourth-order valence-electron chi connectivity index (χ4n) is 7.16. The highest BCUT2D eigenvalue weighted by Gasteiger charge is 2.36. The van der Waals surface area contributed by atoms with Gasteiger partial charge in [-0.2, -0.15) is 0 Å². The summed E-state index contributed by atoms with van der Waals surface area (Å²) in [4.78, 5) is 0. The quantitative estimate of drug-likeness (QED) is 0.205. The second-order valence-electron chi connectivity index (χ2n) is 11.8. The summed E-state index contributed by atoms with van der Waals surface area (Å²) in [6.07, 6.45) is 0. The number of hydrogen-bond donors (Lipinski definition) is 0. The van der Waals surface area contributed by atoms with E-state index in [1.807, 2.05) is 11.3 Å². The van der Waals surface area contributed by atoms with Crippen molar-refractivity contribution in [1.82, 2.24) is 4.57 Å². The van der Waals surface area contributed by atoms with Gasteiger partial charge in [0.25, 0.3) is 0 Å². The van der Waals surface area contributed by atoms with Gasteiger partial charge >= 0.3 is 0 Å². The van der Waals surface area contributed by atoms with Gasteiger partial charge in [-0.15, -0.1) is 11.3 Å². The molecule has 0 atom stereocenters. The van der Waals surface area contributed by atoms with Crippen molar-refractivity contribution < 1.29 is 0 Å². The molecule has 0 saturated carbocycles. The Morgan fingerprint density at radius 2 is 1.22 bits per heavy atom. The predicted octanol–water partition coefficient (Wildman–Crippen LogP) is 11.1. The zero-order valence-electron chi connectivity index (χ0n) is 23.0. The van der Waals surface area contributed by atoms with Crippen LogP contribution in [0.1, 0.15) is 25.0 Å². The molecular formula is C39H27NS. The lowest BCUT2D eigenvalue weighted by atomic mass is 9.82. The molecule has 2 heterocycles. The lowest BCUT2D eigenvalue weighted by Gasteiger charge is -2.21. The molecule has 2 aromatic heterocycles. The first-order valence-electron chi connectivity index (χ1n) is 14.3. The van der Waals surface area contributed by atoms with Gasteiger partial charge < -0.3 is 4.57 Å². The molecular weight excluding hydrogens is 515 g/mol. The second kappa shape index (κ2) is 8.19. The van der Waals surface area contributed by atoms with Crippen LogP contribution in [-0.4, -0.2) is 4.57 Å². The highest BCUT2D eigenvalue weighted by Crippen LogP contribution is 2.51. The zero-order chi connectivity index (χ0) is 27.3. The van der Waals surface area contributed by atoms with Crippen LogP contribution >= 0.6 is 11.3 Å². The summed E-state index contributed by atoms with van der Waals surface area (Å²) in [5.74, 6) is 0. The first-order valence-corrected chi connectivity index (χ1v) is 15.1. The van der Waals surface area contributed by atoms with Crippen LogP contribution in [0.2, 0.25) is 0 Å². The van der Waals surface area contributed by atoms with Gasteiger partial charge in [0.15, 0.2) is 0 Å². The van der Waals surface area contributed by atoms with Crippen molar-refractivity contribution in [3.05, 3.63) is 139 Å². The van der Waals surface area contributed by atoms with E-state index in [1.54, 1.807) is 0 Å². The lowest BCUT2D eigenvalue weighted by Crippen LogP contribution is -2.14. The van der Waals surface area contributed by atoms with E-state index in [2.05, 4.69) is 146 Å². The third-order valence-corrected chi connectivity index (χ3v) is 10.3. The van der Waals surface area contributed by atoms with Gasteiger partial charge in [0.05, 0.1) is 11.0 Å². The number of para-hydroxylation sites is 1. The first kappa shape index (κ1) is 23.1. The average molecular weight is 542 g/mol. The average Bonchev–Trinajstić information content (AvgIpc) is 3.61. The molecule has 1 aliphatic rings. The number of nitrogens with zero attached hydrogens (tertiary/aromatic N) is 1. The predicted molar refractivity (Wildman–Crippen MR) is 177 cm³/mol. The number of thiophene rings is 1. The van der Waals surface area contributed by atoms with Gasteiger partial charge in [0, 0.05) is 42.0 Å². The minimum atomic E-state index is -0.0344. The summed E-state index contributed by atoms with van der Waals surface area (Å²) in [5.41, 5.74) is 11.8. The molecule has 9 rings (SSSR count). The number of aromatic nitrogens is 1. The molecule has 41 heavy (non-hydrogen) atoms. The smallest absolute Gasteiger partial charge is 0.0544 e. The van der Waals surface area contributed by atoms with Gasteiger partial charge in [0.1, 0.15) is 0 Å². The molecule has 0 bridgehead atoms. The molecule has 2 heteroatoms. The van der Waals surface area contributed by atoms with Gasteiger partial charge in [-0.1, -0.05) is 105 Å². The maximum absolute atomic E-state index is 2.48. The van der Waals surface area contributed by atoms with Crippen LogP contribution in [-0.2, 0) is 5.41 Å². The molecule has 1 aliphatic carbocycles. The van der Waals surface area contributed by atoms with Gasteiger partial charge in [0.2, 0.25) is 0 Å². The van der Waals surface area contributed by atoms with Crippen LogP contribution in [0, 0.1) is 0 Å². The van der Waals surface area contributed by atoms with Crippen LogP contribution < -0.4 is 0 Å². The lowest BCUT2D eigenvalue weighted by molar-refractivity contribution is 0.661. The van der Waals surface area contributed by atoms with E-state index in [1.165, 1.54) is 81.0 Å². The maximum atomic E-state index is 2.48. The highest BCUT2D eigenvalue weighted by molar-refractivity contribution is 7.25. The van der Waals surface area contributed by atoms with E-state index in [0.29, 0.717) is 0 Å². The summed E-state index contributed by atoms with van der Waals surface area (Å²) in [6.45, 7) is 4.73. The summed E-state index contributed by atoms with van der Waals surface area (Å²) in [5, 5.41) is 5.27. The Kier molecular flexibility index (Phi) is 4.61. The number of rotatable bonds is 2. The fourth-order valence-corrected chi connectivity index (χ4v) is 8.33. The summed E-state index contributed by atoms with van der Waals surface area (Å²) < 4.78 is 5.13. The molecule has 1 nitrogen and oxygen atoms in total. The Balaban J connectivity index is 1.28. The van der Waals surface area contributed by atoms with E-state index in [4.69, 9.17) is 0 Å². The van der Waals surface area contributed by atoms with Crippen molar-refractivity contribution in [1.29, 1.82) is 0 Å². The van der Waals surface area contributed by atoms with Gasteiger partial charge in [-0.05, 0) is 69.8 Å². The van der Waals surface area contributed by atoms with Crippen LogP contribution in [0.15, 0.2) is 127 Å². The SMILES string of the molecule is CC1(C)c2ccccc2-c2cc3c4ccccc4n(-c4ccc5c(c4)sc4cc(-c6ccccc6)ccc45)c3cc21. The molecule has 194 valence electrons. The van der Waals surface area contributed by atoms with E-state index < -0.39 is 0 Å². The minimum Gasteiger partial charge on any atom is -0.309 e. The van der Waals surface area contributed by atoms with Crippen molar-refractivity contribution in [3.63, 3.8) is 0 Å². The Morgan fingerprint density at radius 1 is 0.488 bits per heavy atom. The minimum absolute atomic E-state index is 0.0344. The van der Waals surface area contributed by atoms with E-state index in [0.717, 1.165) is 0 Å². The molecule has 0 unspecified atom stereocenters. The van der Waals surface area contributed by atoms with E-state index >= 15 is 0 Å². The van der Waals surface area contributed by atoms with Crippen molar-refractivity contribution in [2.75, 3.05) is 0 Å². The van der Waals surface area contributed by atoms with Crippen molar-refractivity contribution in [2.24, 2.45) is 0 Å². The topological polar surface area (TPSA) is 4.93 Å². The molecule has 8 aromatic rings. The highest BCUT2D eigenvalue weighted by atomic mass is 32.1. The normalized spacial score (nSPS) is 13.8. The molecule has 0 saturated heterocycles. The number of benzene rings is 6. The number of hydrogen-bond acceptors (Lipinski definition) is 1. The molecule has 0 amide bonds. The second-order valence-corrected chi connectivity index (χ2v) is 12.9. The molecule has 0 fully saturated rings. The van der Waals surface area contributed by atoms with Crippen LogP contribution in [0.3, 0.4) is 0 Å². The molecule has 6 aromatic carbocycles. The van der Waals surface area contributed by atoms with Gasteiger partial charge in [-0.3, -0.25) is 0 Å². The monoisotopic (exact) mass is 541 g/mol. The Bertz CT molecular complexity index is 2330. The van der Waals surface area contributed by atoms with Crippen molar-refractivity contribution in [3.8, 4) is 27.9 Å². The third-order valence-electron chi connectivity index (χ3n) is 9.20. The van der Waals surface area contributed by atoms with E-state index in [9.17, 15) is 0 Å². The van der Waals surface area contributed by atoms with Crippen molar-refractivity contribution >= 4 is 53.3 Å². The maximum Gasteiger partial charge on any atom is 0.0544 e. The van der Waals surface area contributed by atoms with Crippen molar-refractivity contribution in [2.45, 2.75) is 19.3 Å². The Labute approximate surface area is 242 Å². The van der Waals surface area contributed by atoms with Gasteiger partial charge in [-0.25, -0.2) is 0 Å². The standard InChI is InChI=1S/C39H27NS/c1-39(2)33-14-8-6-12-27(33)31-22-32-28-13-7-9-15-35(28)40(36(32)23-34(31)39)26-17-19-30-29-18-16-25(24-10-4-3-5-11-24)20-37(29)41-38(30)21-26/h3-23H,1-2H3. The zero-order valence-corrected chi connectivity index (χ0v) is 23.8. The Hall–Kier alpha value is -4.66. The molecule has 0 aliphatic heterocycles. The van der Waals surface area contributed by atoms with Crippen LogP contribution in [0.25, 0.3) is 69.9 Å². The summed E-state index contributed by atoms with van der Waals surface area (Å²) in [6, 6.07) is 47.3. The largest absolute Gasteiger partial charge is 0.309 e. The van der Waals surface area contributed by atoms with Crippen LogP contribution in [0.5, 0.6) is 0 Å². The third kappa shape index (κ3) is 3.17. The summed E-state index contributed by atoms with van der Waals surface area (Å²) in [7, 11) is 0. The fraction of sp³-hybridized carbons (Fsp3) is 0.0769. The Morgan fingerprint density at radius 3 is 2.10 bits per heavy atom. The molecule has 0 N–H and O–H groups in total.